The zero-order chi connectivity index (χ0) is 15.6. The van der Waals surface area contributed by atoms with E-state index < -0.39 is 17.0 Å². The molecule has 1 saturated heterocycles. The fourth-order valence-electron chi connectivity index (χ4n) is 2.39. The molecule has 2 rings (SSSR count). The van der Waals surface area contributed by atoms with Crippen LogP contribution in [-0.2, 0) is 6.18 Å². The van der Waals surface area contributed by atoms with E-state index in [4.69, 9.17) is 11.6 Å². The number of alkyl halides is 3. The first-order chi connectivity index (χ1) is 9.81. The first-order valence-corrected chi connectivity index (χ1v) is 7.08. The van der Waals surface area contributed by atoms with Crippen LogP contribution in [0.5, 0.6) is 0 Å². The van der Waals surface area contributed by atoms with Crippen LogP contribution in [0.25, 0.3) is 0 Å². The highest BCUT2D eigenvalue weighted by atomic mass is 35.5. The number of anilines is 1. The van der Waals surface area contributed by atoms with Crippen LogP contribution in [-0.4, -0.2) is 42.9 Å². The highest BCUT2D eigenvalue weighted by Gasteiger charge is 2.32. The Hall–Kier alpha value is -1.27. The van der Waals surface area contributed by atoms with Crippen molar-refractivity contribution < 1.29 is 18.0 Å². The molecule has 116 valence electrons. The van der Waals surface area contributed by atoms with Crippen molar-refractivity contribution in [3.63, 3.8) is 0 Å². The van der Waals surface area contributed by atoms with Crippen molar-refractivity contribution in [2.75, 3.05) is 37.6 Å². The molecule has 1 aromatic rings. The van der Waals surface area contributed by atoms with Crippen LogP contribution in [0.15, 0.2) is 18.2 Å². The first kappa shape index (κ1) is 16.1. The number of halogens is 4. The van der Waals surface area contributed by atoms with Gasteiger partial charge in [0, 0.05) is 37.4 Å². The number of likely N-dealkylation sites (N-methyl/N-ethyl adjacent to an activating group) is 1. The van der Waals surface area contributed by atoms with E-state index in [9.17, 15) is 18.0 Å². The summed E-state index contributed by atoms with van der Waals surface area (Å²) in [7, 11) is 0. The van der Waals surface area contributed by atoms with Crippen LogP contribution in [0, 0.1) is 0 Å². The standard InChI is InChI=1S/C14H16ClF3N2O/c1-2-19-3-5-20(6-4-19)12-8-10(13(15)21)7-11(9-12)14(16,17)18/h7-9H,2-6H2,1H3. The zero-order valence-electron chi connectivity index (χ0n) is 11.6. The molecule has 0 spiro atoms. The van der Waals surface area contributed by atoms with Crippen LogP contribution >= 0.6 is 11.6 Å². The topological polar surface area (TPSA) is 23.6 Å². The molecular weight excluding hydrogens is 305 g/mol. The number of benzene rings is 1. The van der Waals surface area contributed by atoms with Crippen molar-refractivity contribution in [2.45, 2.75) is 13.1 Å². The van der Waals surface area contributed by atoms with Crippen molar-refractivity contribution >= 4 is 22.5 Å². The third-order valence-corrected chi connectivity index (χ3v) is 3.87. The summed E-state index contributed by atoms with van der Waals surface area (Å²) in [6, 6.07) is 3.29. The van der Waals surface area contributed by atoms with E-state index in [1.807, 2.05) is 11.8 Å². The Morgan fingerprint density at radius 1 is 1.19 bits per heavy atom. The third kappa shape index (κ3) is 3.89. The number of nitrogens with zero attached hydrogens (tertiary/aromatic N) is 2. The molecule has 0 bridgehead atoms. The predicted octanol–water partition coefficient (Wildman–Crippen LogP) is 3.23. The highest BCUT2D eigenvalue weighted by molar-refractivity contribution is 6.67. The average Bonchev–Trinajstić information content (AvgIpc) is 2.46. The predicted molar refractivity (Wildman–Crippen MR) is 76.0 cm³/mol. The number of piperazine rings is 1. The molecule has 1 aromatic carbocycles. The van der Waals surface area contributed by atoms with E-state index >= 15 is 0 Å². The second-order valence-corrected chi connectivity index (χ2v) is 5.30. The first-order valence-electron chi connectivity index (χ1n) is 6.70. The van der Waals surface area contributed by atoms with Crippen LogP contribution in [0.3, 0.4) is 0 Å². The van der Waals surface area contributed by atoms with Crippen molar-refractivity contribution in [3.05, 3.63) is 29.3 Å². The quantitative estimate of drug-likeness (QED) is 0.799. The molecule has 0 aromatic heterocycles. The molecule has 0 N–H and O–H groups in total. The average molecular weight is 321 g/mol. The van der Waals surface area contributed by atoms with Gasteiger partial charge < -0.3 is 9.80 Å². The van der Waals surface area contributed by atoms with Gasteiger partial charge in [-0.1, -0.05) is 6.92 Å². The van der Waals surface area contributed by atoms with Gasteiger partial charge in [0.25, 0.3) is 5.24 Å². The van der Waals surface area contributed by atoms with Gasteiger partial charge >= 0.3 is 6.18 Å². The largest absolute Gasteiger partial charge is 0.416 e. The molecule has 1 aliphatic heterocycles. The van der Waals surface area contributed by atoms with Crippen molar-refractivity contribution in [3.8, 4) is 0 Å². The summed E-state index contributed by atoms with van der Waals surface area (Å²) in [5.74, 6) is 0. The van der Waals surface area contributed by atoms with Gasteiger partial charge in [0.15, 0.2) is 0 Å². The van der Waals surface area contributed by atoms with E-state index in [-0.39, 0.29) is 5.56 Å². The molecule has 21 heavy (non-hydrogen) atoms. The molecule has 1 heterocycles. The van der Waals surface area contributed by atoms with E-state index in [0.717, 1.165) is 31.8 Å². The van der Waals surface area contributed by atoms with Gasteiger partial charge in [-0.25, -0.2) is 0 Å². The SMILES string of the molecule is CCN1CCN(c2cc(C(=O)Cl)cc(C(F)(F)F)c2)CC1. The summed E-state index contributed by atoms with van der Waals surface area (Å²) in [6.07, 6.45) is -4.50. The molecule has 1 aliphatic rings. The van der Waals surface area contributed by atoms with Gasteiger partial charge in [0.1, 0.15) is 0 Å². The molecule has 1 fully saturated rings. The number of hydrogen-bond donors (Lipinski definition) is 0. The molecule has 0 saturated carbocycles. The lowest BCUT2D eigenvalue weighted by atomic mass is 10.1. The second kappa shape index (κ2) is 6.23. The molecule has 0 aliphatic carbocycles. The van der Waals surface area contributed by atoms with E-state index in [1.54, 1.807) is 0 Å². The minimum atomic E-state index is -4.50. The lowest BCUT2D eigenvalue weighted by Gasteiger charge is -2.35. The van der Waals surface area contributed by atoms with E-state index in [0.29, 0.717) is 18.8 Å². The summed E-state index contributed by atoms with van der Waals surface area (Å²) >= 11 is 5.35. The summed E-state index contributed by atoms with van der Waals surface area (Å²) in [5.41, 5.74) is -0.578. The third-order valence-electron chi connectivity index (χ3n) is 3.66. The van der Waals surface area contributed by atoms with Crippen LogP contribution in [0.1, 0.15) is 22.8 Å². The monoisotopic (exact) mass is 320 g/mol. The van der Waals surface area contributed by atoms with Gasteiger partial charge in [0.2, 0.25) is 0 Å². The summed E-state index contributed by atoms with van der Waals surface area (Å²) in [5, 5.41) is -0.880. The normalized spacial score (nSPS) is 17.1. The van der Waals surface area contributed by atoms with Gasteiger partial charge in [-0.2, -0.15) is 13.2 Å². The van der Waals surface area contributed by atoms with Crippen molar-refractivity contribution in [2.24, 2.45) is 0 Å². The smallest absolute Gasteiger partial charge is 0.369 e. The molecule has 3 nitrogen and oxygen atoms in total. The van der Waals surface area contributed by atoms with Crippen LogP contribution in [0.4, 0.5) is 18.9 Å². The number of carbonyl (C=O) groups excluding carboxylic acids is 1. The minimum absolute atomic E-state index is 0.126. The van der Waals surface area contributed by atoms with Gasteiger partial charge in [-0.3, -0.25) is 4.79 Å². The second-order valence-electron chi connectivity index (χ2n) is 4.96. The Bertz CT molecular complexity index is 525. The van der Waals surface area contributed by atoms with Crippen LogP contribution < -0.4 is 4.90 Å². The summed E-state index contributed by atoms with van der Waals surface area (Å²) in [4.78, 5) is 15.3. The van der Waals surface area contributed by atoms with Gasteiger partial charge in [0.05, 0.1) is 5.56 Å². The Morgan fingerprint density at radius 2 is 1.81 bits per heavy atom. The molecule has 0 radical (unpaired) electrons. The Morgan fingerprint density at radius 3 is 2.29 bits per heavy atom. The highest BCUT2D eigenvalue weighted by Crippen LogP contribution is 2.33. The fraction of sp³-hybridized carbons (Fsp3) is 0.500. The maximum atomic E-state index is 12.9. The van der Waals surface area contributed by atoms with Gasteiger partial charge in [-0.15, -0.1) is 0 Å². The number of carbonyl (C=O) groups is 1. The Kier molecular flexibility index (Phi) is 4.78. The summed E-state index contributed by atoms with van der Waals surface area (Å²) in [6.45, 7) is 5.80. The molecule has 7 heteroatoms. The van der Waals surface area contributed by atoms with Crippen molar-refractivity contribution in [1.29, 1.82) is 0 Å². The fourth-order valence-corrected chi connectivity index (χ4v) is 2.50. The summed E-state index contributed by atoms with van der Waals surface area (Å²) < 4.78 is 38.7. The lowest BCUT2D eigenvalue weighted by Crippen LogP contribution is -2.46. The molecule has 0 atom stereocenters. The van der Waals surface area contributed by atoms with E-state index in [2.05, 4.69) is 4.90 Å². The maximum Gasteiger partial charge on any atom is 0.416 e. The maximum absolute atomic E-state index is 12.9. The lowest BCUT2D eigenvalue weighted by molar-refractivity contribution is -0.137. The molecule has 0 amide bonds. The minimum Gasteiger partial charge on any atom is -0.369 e. The number of hydrogen-bond acceptors (Lipinski definition) is 3. The molecule has 0 unspecified atom stereocenters. The van der Waals surface area contributed by atoms with Crippen LogP contribution in [0.2, 0.25) is 0 Å². The number of rotatable bonds is 3. The molecular formula is C14H16ClF3N2O. The van der Waals surface area contributed by atoms with Gasteiger partial charge in [-0.05, 0) is 36.3 Å². The van der Waals surface area contributed by atoms with Crippen molar-refractivity contribution in [1.82, 2.24) is 4.90 Å². The Balaban J connectivity index is 2.31. The van der Waals surface area contributed by atoms with E-state index in [1.165, 1.54) is 6.07 Å². The Labute approximate surface area is 126 Å². The zero-order valence-corrected chi connectivity index (χ0v) is 12.3.